The number of carbonyl (C=O) groups is 1. The first-order chi connectivity index (χ1) is 9.11. The van der Waals surface area contributed by atoms with Crippen molar-refractivity contribution < 1.29 is 14.6 Å². The molecule has 0 heterocycles. The van der Waals surface area contributed by atoms with Crippen LogP contribution in [0.1, 0.15) is 15.9 Å². The SMILES string of the molecule is CSc1cccc(Oc2ccc(C)cc2)c1C(=O)O. The molecule has 0 spiro atoms. The molecule has 0 radical (unpaired) electrons. The van der Waals surface area contributed by atoms with E-state index in [0.717, 1.165) is 5.56 Å². The second-order valence-corrected chi connectivity index (χ2v) is 4.90. The molecule has 98 valence electrons. The van der Waals surface area contributed by atoms with Gasteiger partial charge >= 0.3 is 5.97 Å². The Labute approximate surface area is 116 Å². The normalized spacial score (nSPS) is 10.2. The van der Waals surface area contributed by atoms with Crippen molar-refractivity contribution in [3.05, 3.63) is 53.6 Å². The van der Waals surface area contributed by atoms with E-state index in [4.69, 9.17) is 4.74 Å². The van der Waals surface area contributed by atoms with Crippen LogP contribution in [0.25, 0.3) is 0 Å². The summed E-state index contributed by atoms with van der Waals surface area (Å²) < 4.78 is 5.67. The van der Waals surface area contributed by atoms with Crippen molar-refractivity contribution in [3.8, 4) is 11.5 Å². The molecule has 0 aliphatic carbocycles. The Morgan fingerprint density at radius 3 is 2.42 bits per heavy atom. The minimum Gasteiger partial charge on any atom is -0.478 e. The van der Waals surface area contributed by atoms with Crippen LogP contribution in [-0.2, 0) is 0 Å². The highest BCUT2D eigenvalue weighted by atomic mass is 32.2. The van der Waals surface area contributed by atoms with Crippen LogP contribution in [0.4, 0.5) is 0 Å². The van der Waals surface area contributed by atoms with Gasteiger partial charge in [0.2, 0.25) is 0 Å². The lowest BCUT2D eigenvalue weighted by Crippen LogP contribution is -2.02. The predicted molar refractivity (Wildman–Crippen MR) is 76.4 cm³/mol. The number of benzene rings is 2. The molecule has 1 N–H and O–H groups in total. The minimum absolute atomic E-state index is 0.204. The van der Waals surface area contributed by atoms with Gasteiger partial charge in [-0.1, -0.05) is 23.8 Å². The number of aryl methyl sites for hydroxylation is 1. The van der Waals surface area contributed by atoms with Crippen LogP contribution >= 0.6 is 11.8 Å². The van der Waals surface area contributed by atoms with Crippen molar-refractivity contribution >= 4 is 17.7 Å². The number of aromatic carboxylic acids is 1. The first-order valence-electron chi connectivity index (χ1n) is 5.76. The lowest BCUT2D eigenvalue weighted by atomic mass is 10.2. The Balaban J connectivity index is 2.39. The van der Waals surface area contributed by atoms with Gasteiger partial charge in [0.15, 0.2) is 0 Å². The Morgan fingerprint density at radius 2 is 1.84 bits per heavy atom. The average Bonchev–Trinajstić information content (AvgIpc) is 2.40. The highest BCUT2D eigenvalue weighted by Crippen LogP contribution is 2.32. The molecule has 2 rings (SSSR count). The average molecular weight is 274 g/mol. The van der Waals surface area contributed by atoms with Crippen molar-refractivity contribution in [2.45, 2.75) is 11.8 Å². The maximum Gasteiger partial charge on any atom is 0.340 e. The summed E-state index contributed by atoms with van der Waals surface area (Å²) in [5.74, 6) is 0.0154. The fourth-order valence-electron chi connectivity index (χ4n) is 1.71. The number of carboxylic acid groups (broad SMARTS) is 1. The number of rotatable bonds is 4. The van der Waals surface area contributed by atoms with E-state index in [9.17, 15) is 9.90 Å². The molecular weight excluding hydrogens is 260 g/mol. The standard InChI is InChI=1S/C15H14O3S/c1-10-6-8-11(9-7-10)18-12-4-3-5-13(19-2)14(12)15(16)17/h3-9H,1-2H3,(H,16,17). The van der Waals surface area contributed by atoms with E-state index in [1.54, 1.807) is 18.2 Å². The van der Waals surface area contributed by atoms with Crippen molar-refractivity contribution in [2.24, 2.45) is 0 Å². The fraction of sp³-hybridized carbons (Fsp3) is 0.133. The molecule has 4 heteroatoms. The summed E-state index contributed by atoms with van der Waals surface area (Å²) in [6.45, 7) is 1.99. The number of ether oxygens (including phenoxy) is 1. The van der Waals surface area contributed by atoms with Gasteiger partial charge in [0.25, 0.3) is 0 Å². The van der Waals surface area contributed by atoms with Crippen LogP contribution in [0.15, 0.2) is 47.4 Å². The van der Waals surface area contributed by atoms with E-state index in [0.29, 0.717) is 16.4 Å². The summed E-state index contributed by atoms with van der Waals surface area (Å²) in [4.78, 5) is 12.0. The van der Waals surface area contributed by atoms with Crippen LogP contribution in [0.3, 0.4) is 0 Å². The summed E-state index contributed by atoms with van der Waals surface area (Å²) in [5.41, 5.74) is 1.33. The molecule has 3 nitrogen and oxygen atoms in total. The first-order valence-corrected chi connectivity index (χ1v) is 6.99. The largest absolute Gasteiger partial charge is 0.478 e. The molecule has 0 bridgehead atoms. The number of carboxylic acids is 1. The second-order valence-electron chi connectivity index (χ2n) is 4.05. The van der Waals surface area contributed by atoms with Crippen molar-refractivity contribution in [3.63, 3.8) is 0 Å². The van der Waals surface area contributed by atoms with Crippen LogP contribution in [0.2, 0.25) is 0 Å². The first kappa shape index (κ1) is 13.5. The molecule has 0 aromatic heterocycles. The number of thioether (sulfide) groups is 1. The Hall–Kier alpha value is -1.94. The molecule has 0 atom stereocenters. The monoisotopic (exact) mass is 274 g/mol. The molecule has 0 aliphatic heterocycles. The Kier molecular flexibility index (Phi) is 4.12. The van der Waals surface area contributed by atoms with Crippen molar-refractivity contribution in [2.75, 3.05) is 6.26 Å². The van der Waals surface area contributed by atoms with Gasteiger partial charge in [-0.3, -0.25) is 0 Å². The molecule has 19 heavy (non-hydrogen) atoms. The summed E-state index contributed by atoms with van der Waals surface area (Å²) >= 11 is 1.39. The molecule has 0 aliphatic rings. The summed E-state index contributed by atoms with van der Waals surface area (Å²) in [7, 11) is 0. The van der Waals surface area contributed by atoms with Gasteiger partial charge in [-0.25, -0.2) is 4.79 Å². The van der Waals surface area contributed by atoms with Crippen LogP contribution in [0, 0.1) is 6.92 Å². The van der Waals surface area contributed by atoms with Gasteiger partial charge in [-0.2, -0.15) is 0 Å². The van der Waals surface area contributed by atoms with Gasteiger partial charge < -0.3 is 9.84 Å². The summed E-state index contributed by atoms with van der Waals surface area (Å²) in [6.07, 6.45) is 1.84. The molecular formula is C15H14O3S. The number of hydrogen-bond acceptors (Lipinski definition) is 3. The van der Waals surface area contributed by atoms with E-state index in [1.807, 2.05) is 37.4 Å². The lowest BCUT2D eigenvalue weighted by Gasteiger charge is -2.11. The van der Waals surface area contributed by atoms with Crippen LogP contribution in [-0.4, -0.2) is 17.3 Å². The highest BCUT2D eigenvalue weighted by molar-refractivity contribution is 7.98. The molecule has 0 saturated carbocycles. The van der Waals surface area contributed by atoms with E-state index in [1.165, 1.54) is 11.8 Å². The van der Waals surface area contributed by atoms with Crippen molar-refractivity contribution in [1.29, 1.82) is 0 Å². The van der Waals surface area contributed by atoms with Gasteiger partial charge in [0.1, 0.15) is 17.1 Å². The van der Waals surface area contributed by atoms with Gasteiger partial charge in [0, 0.05) is 4.90 Å². The van der Waals surface area contributed by atoms with Crippen LogP contribution < -0.4 is 4.74 Å². The van der Waals surface area contributed by atoms with E-state index in [-0.39, 0.29) is 5.56 Å². The maximum absolute atomic E-state index is 11.4. The molecule has 2 aromatic carbocycles. The minimum atomic E-state index is -0.980. The third kappa shape index (κ3) is 3.09. The topological polar surface area (TPSA) is 46.5 Å². The maximum atomic E-state index is 11.4. The third-order valence-corrected chi connectivity index (χ3v) is 3.45. The highest BCUT2D eigenvalue weighted by Gasteiger charge is 2.16. The molecule has 2 aromatic rings. The van der Waals surface area contributed by atoms with E-state index < -0.39 is 5.97 Å². The quantitative estimate of drug-likeness (QED) is 0.848. The molecule has 0 fully saturated rings. The molecule has 0 saturated heterocycles. The third-order valence-electron chi connectivity index (χ3n) is 2.67. The van der Waals surface area contributed by atoms with Gasteiger partial charge in [-0.15, -0.1) is 11.8 Å². The molecule has 0 amide bonds. The van der Waals surface area contributed by atoms with Crippen molar-refractivity contribution in [1.82, 2.24) is 0 Å². The van der Waals surface area contributed by atoms with E-state index in [2.05, 4.69) is 0 Å². The lowest BCUT2D eigenvalue weighted by molar-refractivity contribution is 0.0690. The van der Waals surface area contributed by atoms with Crippen LogP contribution in [0.5, 0.6) is 11.5 Å². The fourth-order valence-corrected chi connectivity index (χ4v) is 2.32. The second kappa shape index (κ2) is 5.80. The Morgan fingerprint density at radius 1 is 1.16 bits per heavy atom. The zero-order valence-electron chi connectivity index (χ0n) is 10.7. The number of hydrogen-bond donors (Lipinski definition) is 1. The van der Waals surface area contributed by atoms with E-state index >= 15 is 0 Å². The zero-order valence-corrected chi connectivity index (χ0v) is 11.5. The summed E-state index contributed by atoms with van der Waals surface area (Å²) in [5, 5.41) is 9.31. The predicted octanol–water partition coefficient (Wildman–Crippen LogP) is 4.21. The smallest absolute Gasteiger partial charge is 0.340 e. The van der Waals surface area contributed by atoms with Gasteiger partial charge in [0.05, 0.1) is 0 Å². The summed E-state index contributed by atoms with van der Waals surface area (Å²) in [6, 6.07) is 12.7. The Bertz CT molecular complexity index is 591. The molecule has 0 unspecified atom stereocenters. The van der Waals surface area contributed by atoms with Gasteiger partial charge in [-0.05, 0) is 37.4 Å². The zero-order chi connectivity index (χ0) is 13.8.